The zero-order valence-electron chi connectivity index (χ0n) is 19.6. The lowest BCUT2D eigenvalue weighted by Crippen LogP contribution is -2.23. The van der Waals surface area contributed by atoms with Gasteiger partial charge >= 0.3 is 17.9 Å². The molecule has 35 heavy (non-hydrogen) atoms. The summed E-state index contributed by atoms with van der Waals surface area (Å²) in [6.07, 6.45) is 2.75. The highest BCUT2D eigenvalue weighted by atomic mass is 16.7. The van der Waals surface area contributed by atoms with Crippen molar-refractivity contribution in [3.63, 3.8) is 0 Å². The maximum atomic E-state index is 12.5. The van der Waals surface area contributed by atoms with Crippen LogP contribution >= 0.6 is 0 Å². The van der Waals surface area contributed by atoms with Crippen LogP contribution in [0.15, 0.2) is 73.3 Å². The van der Waals surface area contributed by atoms with Crippen molar-refractivity contribution in [2.75, 3.05) is 6.61 Å². The highest BCUT2D eigenvalue weighted by Crippen LogP contribution is 2.23. The summed E-state index contributed by atoms with van der Waals surface area (Å²) in [7, 11) is 0. The maximum Gasteiger partial charge on any atom is 0.343 e. The molecule has 1 fully saturated rings. The van der Waals surface area contributed by atoms with Gasteiger partial charge < -0.3 is 23.7 Å². The van der Waals surface area contributed by atoms with Crippen LogP contribution in [0.2, 0.25) is 0 Å². The lowest BCUT2D eigenvalue weighted by Gasteiger charge is -2.18. The SMILES string of the molecule is C=CC(=O)OC(CCCC)Oc1ccc(OC(=O)c2ccc(OCC3CC(=C)C(=O)O3)cc2)cc1. The molecule has 2 unspecified atom stereocenters. The van der Waals surface area contributed by atoms with Gasteiger partial charge in [0, 0.05) is 24.5 Å². The smallest absolute Gasteiger partial charge is 0.343 e. The molecule has 0 aliphatic carbocycles. The Labute approximate surface area is 204 Å². The number of hydrogen-bond donors (Lipinski definition) is 0. The third-order valence-corrected chi connectivity index (χ3v) is 5.07. The summed E-state index contributed by atoms with van der Waals surface area (Å²) in [6.45, 7) is 9.27. The number of esters is 3. The Morgan fingerprint density at radius 3 is 2.34 bits per heavy atom. The van der Waals surface area contributed by atoms with Gasteiger partial charge in [0.2, 0.25) is 6.29 Å². The second-order valence-electron chi connectivity index (χ2n) is 7.86. The van der Waals surface area contributed by atoms with E-state index in [4.69, 9.17) is 23.7 Å². The van der Waals surface area contributed by atoms with E-state index < -0.39 is 24.2 Å². The second-order valence-corrected chi connectivity index (χ2v) is 7.86. The summed E-state index contributed by atoms with van der Waals surface area (Å²) in [6, 6.07) is 12.9. The molecule has 184 valence electrons. The first kappa shape index (κ1) is 25.6. The van der Waals surface area contributed by atoms with Crippen molar-refractivity contribution in [2.45, 2.75) is 45.0 Å². The minimum atomic E-state index is -0.728. The van der Waals surface area contributed by atoms with Crippen LogP contribution in [0, 0.1) is 0 Å². The molecule has 0 spiro atoms. The largest absolute Gasteiger partial charge is 0.490 e. The van der Waals surface area contributed by atoms with E-state index in [9.17, 15) is 14.4 Å². The lowest BCUT2D eigenvalue weighted by atomic mass is 10.2. The Morgan fingerprint density at radius 2 is 1.74 bits per heavy atom. The van der Waals surface area contributed by atoms with Gasteiger partial charge in [-0.1, -0.05) is 26.5 Å². The molecule has 0 radical (unpaired) electrons. The van der Waals surface area contributed by atoms with Crippen molar-refractivity contribution in [3.8, 4) is 17.2 Å². The van der Waals surface area contributed by atoms with Gasteiger partial charge in [0.15, 0.2) is 0 Å². The summed E-state index contributed by atoms with van der Waals surface area (Å²) >= 11 is 0. The topological polar surface area (TPSA) is 97.4 Å². The van der Waals surface area contributed by atoms with E-state index in [0.29, 0.717) is 41.2 Å². The molecule has 1 aliphatic heterocycles. The highest BCUT2D eigenvalue weighted by Gasteiger charge is 2.27. The molecule has 0 aromatic heterocycles. The fourth-order valence-corrected chi connectivity index (χ4v) is 3.20. The Balaban J connectivity index is 1.51. The minimum Gasteiger partial charge on any atom is -0.490 e. The van der Waals surface area contributed by atoms with Gasteiger partial charge in [0.1, 0.15) is 30.0 Å². The van der Waals surface area contributed by atoms with Crippen LogP contribution in [0.4, 0.5) is 0 Å². The van der Waals surface area contributed by atoms with Gasteiger partial charge in [-0.15, -0.1) is 0 Å². The quantitative estimate of drug-likeness (QED) is 0.185. The molecule has 8 heteroatoms. The minimum absolute atomic E-state index is 0.203. The molecule has 0 bridgehead atoms. The van der Waals surface area contributed by atoms with Gasteiger partial charge in [-0.25, -0.2) is 14.4 Å². The first-order valence-corrected chi connectivity index (χ1v) is 11.3. The molecule has 2 aromatic rings. The number of benzene rings is 2. The summed E-state index contributed by atoms with van der Waals surface area (Å²) < 4.78 is 27.1. The molecule has 2 aromatic carbocycles. The number of rotatable bonds is 12. The molecule has 1 aliphatic rings. The second kappa shape index (κ2) is 12.4. The van der Waals surface area contributed by atoms with Crippen molar-refractivity contribution in [2.24, 2.45) is 0 Å². The van der Waals surface area contributed by atoms with E-state index in [2.05, 4.69) is 13.2 Å². The third kappa shape index (κ3) is 7.74. The Bertz CT molecular complexity index is 1040. The Kier molecular flexibility index (Phi) is 9.06. The molecule has 0 N–H and O–H groups in total. The molecule has 3 rings (SSSR count). The monoisotopic (exact) mass is 480 g/mol. The van der Waals surface area contributed by atoms with Crippen LogP contribution in [-0.2, 0) is 19.1 Å². The fraction of sp³-hybridized carbons (Fsp3) is 0.296. The zero-order valence-corrected chi connectivity index (χ0v) is 19.6. The number of unbranched alkanes of at least 4 members (excludes halogenated alkanes) is 1. The average Bonchev–Trinajstić information content (AvgIpc) is 3.19. The third-order valence-electron chi connectivity index (χ3n) is 5.07. The molecular formula is C27H28O8. The van der Waals surface area contributed by atoms with Crippen molar-refractivity contribution < 1.29 is 38.1 Å². The van der Waals surface area contributed by atoms with Gasteiger partial charge in [0.05, 0.1) is 5.56 Å². The predicted molar refractivity (Wildman–Crippen MR) is 127 cm³/mol. The van der Waals surface area contributed by atoms with E-state index in [1.54, 1.807) is 48.5 Å². The van der Waals surface area contributed by atoms with E-state index in [1.165, 1.54) is 0 Å². The summed E-state index contributed by atoms with van der Waals surface area (Å²) in [5.74, 6) is -0.150. The predicted octanol–water partition coefficient (Wildman–Crippen LogP) is 4.78. The number of carbonyl (C=O) groups is 3. The Hall–Kier alpha value is -4.07. The van der Waals surface area contributed by atoms with Crippen LogP contribution in [0.5, 0.6) is 17.2 Å². The first-order valence-electron chi connectivity index (χ1n) is 11.3. The van der Waals surface area contributed by atoms with Gasteiger partial charge in [-0.05, 0) is 55.0 Å². The highest BCUT2D eigenvalue weighted by molar-refractivity contribution is 5.91. The fourth-order valence-electron chi connectivity index (χ4n) is 3.20. The van der Waals surface area contributed by atoms with Crippen LogP contribution < -0.4 is 14.2 Å². The molecule has 2 atom stereocenters. The van der Waals surface area contributed by atoms with Gasteiger partial charge in [-0.3, -0.25) is 0 Å². The molecule has 0 saturated carbocycles. The first-order chi connectivity index (χ1) is 16.9. The van der Waals surface area contributed by atoms with E-state index >= 15 is 0 Å². The Morgan fingerprint density at radius 1 is 1.09 bits per heavy atom. The maximum absolute atomic E-state index is 12.5. The number of carbonyl (C=O) groups excluding carboxylic acids is 3. The number of hydrogen-bond acceptors (Lipinski definition) is 8. The van der Waals surface area contributed by atoms with Crippen LogP contribution in [0.25, 0.3) is 0 Å². The lowest BCUT2D eigenvalue weighted by molar-refractivity contribution is -0.158. The number of cyclic esters (lactones) is 1. The van der Waals surface area contributed by atoms with Crippen molar-refractivity contribution in [1.29, 1.82) is 0 Å². The molecule has 1 heterocycles. The van der Waals surface area contributed by atoms with E-state index in [1.807, 2.05) is 6.92 Å². The van der Waals surface area contributed by atoms with Gasteiger partial charge in [-0.2, -0.15) is 0 Å². The zero-order chi connectivity index (χ0) is 25.2. The standard InChI is InChI=1S/C27H28O8/c1-4-6-7-25(35-24(28)5-2)32-21-12-14-22(15-13-21)33-27(30)19-8-10-20(11-9-19)31-17-23-16-18(3)26(29)34-23/h5,8-15,23,25H,2-4,6-7,16-17H2,1H3. The molecule has 1 saturated heterocycles. The number of ether oxygens (including phenoxy) is 5. The summed E-state index contributed by atoms with van der Waals surface area (Å²) in [4.78, 5) is 35.4. The molecular weight excluding hydrogens is 452 g/mol. The molecule has 0 amide bonds. The van der Waals surface area contributed by atoms with Crippen molar-refractivity contribution in [1.82, 2.24) is 0 Å². The normalized spacial score (nSPS) is 15.6. The average molecular weight is 481 g/mol. The van der Waals surface area contributed by atoms with Crippen LogP contribution in [0.3, 0.4) is 0 Å². The molecule has 8 nitrogen and oxygen atoms in total. The van der Waals surface area contributed by atoms with Crippen molar-refractivity contribution in [3.05, 3.63) is 78.9 Å². The van der Waals surface area contributed by atoms with Crippen LogP contribution in [0.1, 0.15) is 43.0 Å². The van der Waals surface area contributed by atoms with E-state index in [-0.39, 0.29) is 12.7 Å². The van der Waals surface area contributed by atoms with E-state index in [0.717, 1.165) is 18.9 Å². The summed E-state index contributed by atoms with van der Waals surface area (Å²) in [5.41, 5.74) is 0.776. The summed E-state index contributed by atoms with van der Waals surface area (Å²) in [5, 5.41) is 0. The van der Waals surface area contributed by atoms with Gasteiger partial charge in [0.25, 0.3) is 0 Å². The van der Waals surface area contributed by atoms with Crippen molar-refractivity contribution >= 4 is 17.9 Å². The van der Waals surface area contributed by atoms with Crippen LogP contribution in [-0.4, -0.2) is 36.9 Å².